The van der Waals surface area contributed by atoms with Crippen molar-refractivity contribution in [1.82, 2.24) is 0 Å². The summed E-state index contributed by atoms with van der Waals surface area (Å²) in [6, 6.07) is 35.4. The summed E-state index contributed by atoms with van der Waals surface area (Å²) < 4.78 is 1.18. The maximum absolute atomic E-state index is 2.71. The van der Waals surface area contributed by atoms with E-state index in [1.807, 2.05) is 0 Å². The molecule has 0 heterocycles. The van der Waals surface area contributed by atoms with Crippen molar-refractivity contribution in [2.45, 2.75) is 72.7 Å². The first-order valence-electron chi connectivity index (χ1n) is 14.8. The van der Waals surface area contributed by atoms with Crippen molar-refractivity contribution in [2.75, 3.05) is 0 Å². The molecule has 0 radical (unpaired) electrons. The van der Waals surface area contributed by atoms with Crippen LogP contribution >= 0.6 is 0 Å². The first kappa shape index (κ1) is 33.2. The van der Waals surface area contributed by atoms with E-state index >= 15 is 0 Å². The van der Waals surface area contributed by atoms with Gasteiger partial charge in [0.05, 0.1) is 0 Å². The van der Waals surface area contributed by atoms with Crippen LogP contribution in [0.1, 0.15) is 87.7 Å². The van der Waals surface area contributed by atoms with Crippen LogP contribution in [0.2, 0.25) is 13.1 Å². The Morgan fingerprint density at radius 1 is 0.571 bits per heavy atom. The Bertz CT molecular complexity index is 1620. The molecular weight excluding hydrogens is 647 g/mol. The summed E-state index contributed by atoms with van der Waals surface area (Å²) in [5.41, 5.74) is 14.8. The van der Waals surface area contributed by atoms with E-state index in [9.17, 15) is 0 Å². The van der Waals surface area contributed by atoms with E-state index in [4.69, 9.17) is 0 Å². The molecule has 0 N–H and O–H groups in total. The molecule has 0 nitrogen and oxygen atoms in total. The SMILES string of the molecule is C[Si](C)=[Zr+2]([CH]1C=C(c2ccccc2)c2ccccc21)[CH]1c2cc(C(C)(C)C)ccc2-c2ccc(C(C)(C)C)cc21.[Cl-].[Cl-]. The topological polar surface area (TPSA) is 0 Å². The zero-order valence-electron chi connectivity index (χ0n) is 26.1. The zero-order valence-corrected chi connectivity index (χ0v) is 31.1. The molecule has 0 saturated heterocycles. The van der Waals surface area contributed by atoms with Gasteiger partial charge in [0.15, 0.2) is 0 Å². The molecule has 2 aliphatic carbocycles. The second-order valence-electron chi connectivity index (χ2n) is 14.0. The summed E-state index contributed by atoms with van der Waals surface area (Å²) >= 11 is -2.22. The van der Waals surface area contributed by atoms with Crippen LogP contribution in [0.25, 0.3) is 16.7 Å². The molecule has 6 rings (SSSR count). The van der Waals surface area contributed by atoms with Crippen LogP contribution in [0, 0.1) is 0 Å². The van der Waals surface area contributed by atoms with Crippen molar-refractivity contribution in [3.05, 3.63) is 136 Å². The number of hydrogen-bond donors (Lipinski definition) is 0. The monoisotopic (exact) mass is 686 g/mol. The van der Waals surface area contributed by atoms with Crippen molar-refractivity contribution in [1.29, 1.82) is 0 Å². The van der Waals surface area contributed by atoms with Crippen LogP contribution in [0.4, 0.5) is 0 Å². The van der Waals surface area contributed by atoms with Crippen LogP contribution in [-0.4, -0.2) is 5.43 Å². The third-order valence-corrected chi connectivity index (χ3v) is 28.1. The summed E-state index contributed by atoms with van der Waals surface area (Å²) in [4.78, 5) is 0. The van der Waals surface area contributed by atoms with Crippen LogP contribution < -0.4 is 24.8 Å². The minimum Gasteiger partial charge on any atom is -1.00 e. The van der Waals surface area contributed by atoms with Crippen LogP contribution in [0.5, 0.6) is 0 Å². The molecule has 0 bridgehead atoms. The summed E-state index contributed by atoms with van der Waals surface area (Å²) in [5.74, 6) is 0. The number of hydrogen-bond acceptors (Lipinski definition) is 0. The average molecular weight is 689 g/mol. The van der Waals surface area contributed by atoms with Crippen LogP contribution in [0.3, 0.4) is 0 Å². The van der Waals surface area contributed by atoms with Crippen LogP contribution in [-0.2, 0) is 31.2 Å². The molecule has 4 heteroatoms. The molecule has 0 amide bonds. The number of allylic oxidation sites excluding steroid dienone is 1. The molecule has 4 aromatic carbocycles. The molecule has 0 aromatic heterocycles. The zero-order chi connectivity index (χ0) is 28.4. The maximum atomic E-state index is 2.71. The Balaban J connectivity index is 0.00000202. The fourth-order valence-electron chi connectivity index (χ4n) is 6.79. The molecule has 4 aromatic rings. The van der Waals surface area contributed by atoms with Gasteiger partial charge in [-0.15, -0.1) is 0 Å². The van der Waals surface area contributed by atoms with Gasteiger partial charge in [-0.3, -0.25) is 0 Å². The van der Waals surface area contributed by atoms with Gasteiger partial charge in [0.2, 0.25) is 0 Å². The molecule has 0 spiro atoms. The van der Waals surface area contributed by atoms with Gasteiger partial charge in [0, 0.05) is 0 Å². The van der Waals surface area contributed by atoms with E-state index in [0.717, 1.165) is 0 Å². The first-order chi connectivity index (χ1) is 18.9. The fourth-order valence-corrected chi connectivity index (χ4v) is 26.1. The summed E-state index contributed by atoms with van der Waals surface area (Å²) in [6.07, 6.45) is 2.71. The Kier molecular flexibility index (Phi) is 9.77. The molecule has 42 heavy (non-hydrogen) atoms. The van der Waals surface area contributed by atoms with Gasteiger partial charge >= 0.3 is 251 Å². The van der Waals surface area contributed by atoms with E-state index in [1.165, 1.54) is 39.0 Å². The summed E-state index contributed by atoms with van der Waals surface area (Å²) in [5, 5.41) is 0. The van der Waals surface area contributed by atoms with Crippen LogP contribution in [0.15, 0.2) is 97.1 Å². The standard InChI is InChI=1S/C21H25.C15H11.C2H6Si.2ClH.Zr/c1-20(2,3)16-7-9-18-14(12-16)11-15-13-17(21(4,5)6)8-10-19(15)18;1-2-6-12(7-3-1)15-11-10-13-8-4-5-9-14(13)15;1-3-2;;;/h7-13H,1-6H3;1-11H;1-2H3;2*1H;/q;;;;;+2/p-2. The van der Waals surface area contributed by atoms with E-state index < -0.39 is 25.8 Å². The summed E-state index contributed by atoms with van der Waals surface area (Å²) in [7, 11) is 0. The second kappa shape index (κ2) is 12.4. The number of halogens is 2. The Morgan fingerprint density at radius 2 is 1.07 bits per heavy atom. The molecule has 1 unspecified atom stereocenters. The molecule has 0 aliphatic heterocycles. The molecule has 216 valence electrons. The number of fused-ring (bicyclic) bond motifs is 4. The Hall–Kier alpha value is -1.70. The van der Waals surface area contributed by atoms with Gasteiger partial charge in [0.1, 0.15) is 0 Å². The van der Waals surface area contributed by atoms with E-state index in [-0.39, 0.29) is 35.6 Å². The van der Waals surface area contributed by atoms with E-state index in [1.54, 1.807) is 16.7 Å². The number of rotatable bonds is 3. The molecule has 1 atom stereocenters. The molecule has 0 fully saturated rings. The predicted octanol–water partition coefficient (Wildman–Crippen LogP) is 4.42. The molecular formula is C38H42Cl2SiZr. The van der Waals surface area contributed by atoms with Crippen molar-refractivity contribution in [3.8, 4) is 11.1 Å². The van der Waals surface area contributed by atoms with Gasteiger partial charge in [0.25, 0.3) is 0 Å². The third kappa shape index (κ3) is 5.87. The minimum absolute atomic E-state index is 0. The largest absolute Gasteiger partial charge is 1.00 e. The quantitative estimate of drug-likeness (QED) is 0.280. The molecule has 2 aliphatic rings. The maximum Gasteiger partial charge on any atom is -1.00 e. The Labute approximate surface area is 274 Å². The van der Waals surface area contributed by atoms with Crippen molar-refractivity contribution >= 4 is 11.0 Å². The predicted molar refractivity (Wildman–Crippen MR) is 171 cm³/mol. The first-order valence-corrected chi connectivity index (χ1v) is 23.8. The third-order valence-electron chi connectivity index (χ3n) is 8.97. The van der Waals surface area contributed by atoms with Crippen molar-refractivity contribution in [2.24, 2.45) is 0 Å². The van der Waals surface area contributed by atoms with Gasteiger partial charge in [-0.2, -0.15) is 0 Å². The molecule has 0 saturated carbocycles. The van der Waals surface area contributed by atoms with Gasteiger partial charge in [-0.05, 0) is 0 Å². The second-order valence-corrected chi connectivity index (χ2v) is 32.0. The fraction of sp³-hybridized carbons (Fsp3) is 0.316. The number of benzene rings is 4. The summed E-state index contributed by atoms with van der Waals surface area (Å²) in [6.45, 7) is 19.4. The van der Waals surface area contributed by atoms with Gasteiger partial charge < -0.3 is 24.8 Å². The van der Waals surface area contributed by atoms with E-state index in [0.29, 0.717) is 7.25 Å². The van der Waals surface area contributed by atoms with Gasteiger partial charge in [-0.25, -0.2) is 0 Å². The van der Waals surface area contributed by atoms with Gasteiger partial charge in [-0.1, -0.05) is 0 Å². The van der Waals surface area contributed by atoms with Crippen molar-refractivity contribution < 1.29 is 45.2 Å². The minimum atomic E-state index is -2.22. The smallest absolute Gasteiger partial charge is 1.00 e. The Morgan fingerprint density at radius 3 is 1.57 bits per heavy atom. The average Bonchev–Trinajstić information content (AvgIpc) is 3.44. The normalized spacial score (nSPS) is 15.3. The van der Waals surface area contributed by atoms with Crippen molar-refractivity contribution in [3.63, 3.8) is 0 Å². The van der Waals surface area contributed by atoms with E-state index in [2.05, 4.69) is 152 Å².